The molecular weight excluding hydrogens is 469 g/mol. The molecule has 1 aliphatic heterocycles. The number of amides is 3. The average Bonchev–Trinajstić information content (AvgIpc) is 3.18. The predicted molar refractivity (Wildman–Crippen MR) is 124 cm³/mol. The fourth-order valence-corrected chi connectivity index (χ4v) is 4.57. The lowest BCUT2D eigenvalue weighted by atomic mass is 9.93. The molecule has 0 bridgehead atoms. The lowest BCUT2D eigenvalue weighted by Crippen LogP contribution is -2.46. The molecule has 1 N–H and O–H groups in total. The summed E-state index contributed by atoms with van der Waals surface area (Å²) in [4.78, 5) is 50.7. The molecule has 1 aliphatic rings. The van der Waals surface area contributed by atoms with Gasteiger partial charge in [0.2, 0.25) is 5.78 Å². The van der Waals surface area contributed by atoms with E-state index in [-0.39, 0.29) is 0 Å². The zero-order chi connectivity index (χ0) is 24.5. The Morgan fingerprint density at radius 1 is 1.03 bits per heavy atom. The summed E-state index contributed by atoms with van der Waals surface area (Å²) in [6.45, 7) is 6.09. The third-order valence-corrected chi connectivity index (χ3v) is 6.38. The number of urea groups is 1. The number of benzene rings is 1. The van der Waals surface area contributed by atoms with Crippen LogP contribution in [0.25, 0.3) is 5.69 Å². The third-order valence-electron chi connectivity index (χ3n) is 5.94. The molecule has 0 spiro atoms. The summed E-state index contributed by atoms with van der Waals surface area (Å²) in [5.41, 5.74) is 1.48. The van der Waals surface area contributed by atoms with E-state index in [2.05, 4.69) is 5.32 Å². The number of hydrogen-bond donors (Lipinski definition) is 1. The van der Waals surface area contributed by atoms with Gasteiger partial charge >= 0.3 is 12.0 Å². The van der Waals surface area contributed by atoms with Crippen LogP contribution in [0.5, 0.6) is 0 Å². The molecule has 1 aromatic carbocycles. The van der Waals surface area contributed by atoms with Crippen molar-refractivity contribution in [1.29, 1.82) is 0 Å². The fraction of sp³-hybridized carbons (Fsp3) is 0.391. The first kappa shape index (κ1) is 24.8. The van der Waals surface area contributed by atoms with Gasteiger partial charge < -0.3 is 14.6 Å². The number of carbonyl (C=O) groups excluding carboxylic acids is 4. The maximum atomic E-state index is 12.8. The molecule has 3 rings (SSSR count). The number of carbonyl (C=O) groups is 4. The number of halogens is 2. The first-order valence-corrected chi connectivity index (χ1v) is 11.3. The van der Waals surface area contributed by atoms with Crippen molar-refractivity contribution in [3.63, 3.8) is 0 Å². The minimum atomic E-state index is -1.01. The molecule has 0 aliphatic carbocycles. The molecule has 1 saturated heterocycles. The maximum Gasteiger partial charge on any atom is 0.326 e. The molecule has 0 saturated carbocycles. The second-order valence-corrected chi connectivity index (χ2v) is 8.82. The van der Waals surface area contributed by atoms with E-state index in [0.717, 1.165) is 10.6 Å². The van der Waals surface area contributed by atoms with Crippen molar-refractivity contribution in [3.8, 4) is 5.69 Å². The molecule has 0 unspecified atom stereocenters. The number of aryl methyl sites for hydroxylation is 1. The van der Waals surface area contributed by atoms with Gasteiger partial charge in [-0.25, -0.2) is 4.79 Å². The van der Waals surface area contributed by atoms with Crippen LogP contribution in [-0.4, -0.2) is 51.8 Å². The summed E-state index contributed by atoms with van der Waals surface area (Å²) in [5, 5.41) is 3.56. The van der Waals surface area contributed by atoms with Gasteiger partial charge in [-0.05, 0) is 51.0 Å². The van der Waals surface area contributed by atoms with Crippen LogP contribution in [0.2, 0.25) is 10.0 Å². The summed E-state index contributed by atoms with van der Waals surface area (Å²) in [7, 11) is 0. The van der Waals surface area contributed by atoms with Gasteiger partial charge in [-0.2, -0.15) is 0 Å². The Morgan fingerprint density at radius 2 is 1.64 bits per heavy atom. The van der Waals surface area contributed by atoms with Crippen LogP contribution in [0, 0.1) is 13.8 Å². The van der Waals surface area contributed by atoms with E-state index in [1.807, 2.05) is 11.5 Å². The minimum Gasteiger partial charge on any atom is -0.456 e. The number of imide groups is 1. The highest BCUT2D eigenvalue weighted by molar-refractivity contribution is 6.34. The molecule has 2 aromatic rings. The largest absolute Gasteiger partial charge is 0.456 e. The summed E-state index contributed by atoms with van der Waals surface area (Å²) in [6.07, 6.45) is 0.817. The SMILES string of the molecule is CCC1(CC)NC(=O)N(CC(=O)OCC(=O)c2cc(C)n(-c3cc(Cl)cc(Cl)c3)c2C)C1=O. The molecule has 2 heterocycles. The highest BCUT2D eigenvalue weighted by Crippen LogP contribution is 2.27. The van der Waals surface area contributed by atoms with Gasteiger partial charge in [0.15, 0.2) is 6.61 Å². The second kappa shape index (κ2) is 9.57. The number of Topliss-reactive ketones (excluding diaryl/α,β-unsaturated/α-hetero) is 1. The van der Waals surface area contributed by atoms with Gasteiger partial charge in [-0.3, -0.25) is 19.3 Å². The highest BCUT2D eigenvalue weighted by Gasteiger charge is 2.49. The molecule has 1 aromatic heterocycles. The van der Waals surface area contributed by atoms with E-state index in [1.165, 1.54) is 0 Å². The van der Waals surface area contributed by atoms with Crippen molar-refractivity contribution in [2.45, 2.75) is 46.1 Å². The first-order valence-electron chi connectivity index (χ1n) is 10.5. The lowest BCUT2D eigenvalue weighted by Gasteiger charge is -2.22. The molecule has 0 atom stereocenters. The Balaban J connectivity index is 1.69. The maximum absolute atomic E-state index is 12.8. The molecule has 1 fully saturated rings. The number of esters is 1. The van der Waals surface area contributed by atoms with Crippen LogP contribution in [0.15, 0.2) is 24.3 Å². The number of hydrogen-bond acceptors (Lipinski definition) is 5. The zero-order valence-corrected chi connectivity index (χ0v) is 20.3. The van der Waals surface area contributed by atoms with E-state index in [1.54, 1.807) is 45.0 Å². The molecule has 3 amide bonds. The molecular formula is C23H25Cl2N3O5. The van der Waals surface area contributed by atoms with Crippen molar-refractivity contribution in [2.75, 3.05) is 13.2 Å². The van der Waals surface area contributed by atoms with Crippen LogP contribution >= 0.6 is 23.2 Å². The normalized spacial score (nSPS) is 15.0. The van der Waals surface area contributed by atoms with Crippen molar-refractivity contribution < 1.29 is 23.9 Å². The van der Waals surface area contributed by atoms with E-state index >= 15 is 0 Å². The summed E-state index contributed by atoms with van der Waals surface area (Å²) in [5.74, 6) is -1.72. The number of nitrogens with one attached hydrogen (secondary N) is 1. The van der Waals surface area contributed by atoms with Crippen LogP contribution in [0.1, 0.15) is 48.4 Å². The van der Waals surface area contributed by atoms with Gasteiger partial charge in [-0.1, -0.05) is 37.0 Å². The van der Waals surface area contributed by atoms with Crippen LogP contribution < -0.4 is 5.32 Å². The van der Waals surface area contributed by atoms with Crippen LogP contribution in [0.4, 0.5) is 4.79 Å². The first-order chi connectivity index (χ1) is 15.5. The lowest BCUT2D eigenvalue weighted by molar-refractivity contribution is -0.146. The standard InChI is InChI=1S/C23H25Cl2N3O5/c1-5-23(6-2)21(31)27(22(32)26-23)11-20(30)33-12-19(29)18-7-13(3)28(14(18)4)17-9-15(24)8-16(25)10-17/h7-10H,5-6,11-12H2,1-4H3,(H,26,32). The zero-order valence-electron chi connectivity index (χ0n) is 18.8. The van der Waals surface area contributed by atoms with Crippen LogP contribution in [0.3, 0.4) is 0 Å². The van der Waals surface area contributed by atoms with E-state index in [9.17, 15) is 19.2 Å². The van der Waals surface area contributed by atoms with Gasteiger partial charge in [-0.15, -0.1) is 0 Å². The number of aromatic nitrogens is 1. The number of ether oxygens (including phenoxy) is 1. The highest BCUT2D eigenvalue weighted by atomic mass is 35.5. The van der Waals surface area contributed by atoms with E-state index < -0.39 is 42.4 Å². The Bertz CT molecular complexity index is 1120. The van der Waals surface area contributed by atoms with Gasteiger partial charge in [0.25, 0.3) is 5.91 Å². The Morgan fingerprint density at radius 3 is 2.18 bits per heavy atom. The predicted octanol–water partition coefficient (Wildman–Crippen LogP) is 4.24. The van der Waals surface area contributed by atoms with Crippen molar-refractivity contribution in [3.05, 3.63) is 51.3 Å². The Hall–Kier alpha value is -2.84. The van der Waals surface area contributed by atoms with E-state index in [0.29, 0.717) is 39.8 Å². The van der Waals surface area contributed by atoms with Crippen LogP contribution in [-0.2, 0) is 14.3 Å². The molecule has 176 valence electrons. The number of ketones is 1. The third kappa shape index (κ3) is 4.77. The van der Waals surface area contributed by atoms with Gasteiger partial charge in [0, 0.05) is 32.7 Å². The number of rotatable bonds is 8. The quantitative estimate of drug-likeness (QED) is 0.337. The average molecular weight is 494 g/mol. The Labute approximate surface area is 201 Å². The van der Waals surface area contributed by atoms with E-state index in [4.69, 9.17) is 27.9 Å². The van der Waals surface area contributed by atoms with Gasteiger partial charge in [0.05, 0.1) is 0 Å². The minimum absolute atomic E-state index is 0.377. The van der Waals surface area contributed by atoms with Crippen molar-refractivity contribution in [2.24, 2.45) is 0 Å². The fourth-order valence-electron chi connectivity index (χ4n) is 4.06. The Kier molecular flexibility index (Phi) is 7.19. The summed E-state index contributed by atoms with van der Waals surface area (Å²) in [6, 6.07) is 6.12. The monoisotopic (exact) mass is 493 g/mol. The van der Waals surface area contributed by atoms with Crippen molar-refractivity contribution in [1.82, 2.24) is 14.8 Å². The summed E-state index contributed by atoms with van der Waals surface area (Å²) < 4.78 is 6.92. The van der Waals surface area contributed by atoms with Gasteiger partial charge in [0.1, 0.15) is 12.1 Å². The van der Waals surface area contributed by atoms with Crippen molar-refractivity contribution >= 4 is 46.9 Å². The topological polar surface area (TPSA) is 97.7 Å². The smallest absolute Gasteiger partial charge is 0.326 e. The molecule has 8 nitrogen and oxygen atoms in total. The second-order valence-electron chi connectivity index (χ2n) is 7.94. The number of nitrogens with zero attached hydrogens (tertiary/aromatic N) is 2. The molecule has 0 radical (unpaired) electrons. The summed E-state index contributed by atoms with van der Waals surface area (Å²) >= 11 is 12.2. The molecule has 33 heavy (non-hydrogen) atoms. The molecule has 10 heteroatoms.